The largest absolute Gasteiger partial charge is 0.392 e. The van der Waals surface area contributed by atoms with Crippen LogP contribution in [0.25, 0.3) is 28.0 Å². The van der Waals surface area contributed by atoms with Gasteiger partial charge < -0.3 is 5.11 Å². The van der Waals surface area contributed by atoms with E-state index in [1.165, 1.54) is 0 Å². The Morgan fingerprint density at radius 1 is 0.958 bits per heavy atom. The minimum absolute atomic E-state index is 0.0230. The maximum atomic E-state index is 9.60. The molecule has 24 heavy (non-hydrogen) atoms. The predicted octanol–water partition coefficient (Wildman–Crippen LogP) is 3.26. The lowest BCUT2D eigenvalue weighted by atomic mass is 10.0. The van der Waals surface area contributed by atoms with E-state index in [9.17, 15) is 5.11 Å². The number of aliphatic hydroxyl groups is 1. The van der Waals surface area contributed by atoms with Crippen LogP contribution in [0.5, 0.6) is 0 Å². The van der Waals surface area contributed by atoms with Gasteiger partial charge in [-0.2, -0.15) is 5.10 Å². The number of aromatic nitrogens is 4. The minimum atomic E-state index is -0.0230. The van der Waals surface area contributed by atoms with Gasteiger partial charge in [0.05, 0.1) is 18.5 Å². The fourth-order valence-electron chi connectivity index (χ4n) is 2.94. The normalized spacial score (nSPS) is 11.1. The van der Waals surface area contributed by atoms with Crippen molar-refractivity contribution in [3.63, 3.8) is 0 Å². The molecule has 0 saturated heterocycles. The quantitative estimate of drug-likeness (QED) is 0.630. The highest BCUT2D eigenvalue weighted by atomic mass is 16.3. The van der Waals surface area contributed by atoms with Crippen LogP contribution in [0.4, 0.5) is 0 Å². The Hall–Kier alpha value is -3.05. The molecule has 1 aromatic carbocycles. The van der Waals surface area contributed by atoms with Crippen LogP contribution in [-0.4, -0.2) is 24.7 Å². The summed E-state index contributed by atoms with van der Waals surface area (Å²) >= 11 is 0. The van der Waals surface area contributed by atoms with Gasteiger partial charge in [0.1, 0.15) is 0 Å². The number of aryl methyl sites for hydroxylation is 1. The van der Waals surface area contributed by atoms with Gasteiger partial charge in [-0.15, -0.1) is 0 Å². The standard InChI is InChI=1S/C19H16N4O/c1-13-6-8-20-10-17(13)16-7-9-22-23-18(11-21-19(16)23)15-5-3-2-4-14(15)12-24/h2-11,24H,12H2,1H3. The molecule has 118 valence electrons. The van der Waals surface area contributed by atoms with Crippen LogP contribution < -0.4 is 0 Å². The minimum Gasteiger partial charge on any atom is -0.392 e. The van der Waals surface area contributed by atoms with Crippen LogP contribution >= 0.6 is 0 Å². The molecule has 3 aromatic heterocycles. The first kappa shape index (κ1) is 14.5. The average molecular weight is 316 g/mol. The average Bonchev–Trinajstić information content (AvgIpc) is 3.06. The lowest BCUT2D eigenvalue weighted by Crippen LogP contribution is -1.98. The summed E-state index contributed by atoms with van der Waals surface area (Å²) in [6.45, 7) is 2.03. The molecule has 0 radical (unpaired) electrons. The van der Waals surface area contributed by atoms with Gasteiger partial charge >= 0.3 is 0 Å². The molecule has 1 N–H and O–H groups in total. The van der Waals surface area contributed by atoms with Gasteiger partial charge in [-0.05, 0) is 30.2 Å². The van der Waals surface area contributed by atoms with Gasteiger partial charge in [-0.3, -0.25) is 4.98 Å². The van der Waals surface area contributed by atoms with E-state index >= 15 is 0 Å². The Morgan fingerprint density at radius 2 is 1.83 bits per heavy atom. The van der Waals surface area contributed by atoms with Crippen LogP contribution in [0.15, 0.2) is 61.2 Å². The first-order valence-corrected chi connectivity index (χ1v) is 7.72. The first-order valence-electron chi connectivity index (χ1n) is 7.72. The summed E-state index contributed by atoms with van der Waals surface area (Å²) in [6.07, 6.45) is 7.19. The Labute approximate surface area is 139 Å². The number of hydrogen-bond donors (Lipinski definition) is 1. The first-order chi connectivity index (χ1) is 11.8. The zero-order valence-corrected chi connectivity index (χ0v) is 13.2. The van der Waals surface area contributed by atoms with Gasteiger partial charge in [0.15, 0.2) is 5.65 Å². The Balaban J connectivity index is 1.97. The van der Waals surface area contributed by atoms with Crippen molar-refractivity contribution in [2.75, 3.05) is 0 Å². The molecule has 0 aliphatic heterocycles. The van der Waals surface area contributed by atoms with E-state index in [2.05, 4.69) is 22.0 Å². The lowest BCUT2D eigenvalue weighted by molar-refractivity contribution is 0.282. The van der Waals surface area contributed by atoms with Crippen molar-refractivity contribution < 1.29 is 5.11 Å². The number of rotatable bonds is 3. The van der Waals surface area contributed by atoms with E-state index in [0.717, 1.165) is 39.2 Å². The van der Waals surface area contributed by atoms with Crippen molar-refractivity contribution in [1.82, 2.24) is 19.6 Å². The fraction of sp³-hybridized carbons (Fsp3) is 0.105. The number of hydrogen-bond acceptors (Lipinski definition) is 4. The Bertz CT molecular complexity index is 1020. The van der Waals surface area contributed by atoms with Crippen molar-refractivity contribution in [2.45, 2.75) is 13.5 Å². The highest BCUT2D eigenvalue weighted by Gasteiger charge is 2.14. The molecule has 0 amide bonds. The summed E-state index contributed by atoms with van der Waals surface area (Å²) < 4.78 is 1.82. The van der Waals surface area contributed by atoms with Crippen LogP contribution in [0.1, 0.15) is 11.1 Å². The van der Waals surface area contributed by atoms with Gasteiger partial charge in [-0.1, -0.05) is 24.3 Å². The third-order valence-corrected chi connectivity index (χ3v) is 4.20. The highest BCUT2D eigenvalue weighted by Crippen LogP contribution is 2.29. The molecule has 0 spiro atoms. The zero-order chi connectivity index (χ0) is 16.5. The summed E-state index contributed by atoms with van der Waals surface area (Å²) in [5, 5.41) is 14.1. The van der Waals surface area contributed by atoms with Crippen LogP contribution in [-0.2, 0) is 6.61 Å². The zero-order valence-electron chi connectivity index (χ0n) is 13.2. The molecule has 5 heteroatoms. The molecule has 0 fully saturated rings. The smallest absolute Gasteiger partial charge is 0.162 e. The number of benzene rings is 1. The molecule has 4 rings (SSSR count). The maximum absolute atomic E-state index is 9.60. The molecule has 0 saturated carbocycles. The second kappa shape index (κ2) is 5.86. The summed E-state index contributed by atoms with van der Waals surface area (Å²) in [7, 11) is 0. The van der Waals surface area contributed by atoms with Crippen molar-refractivity contribution in [3.8, 4) is 22.4 Å². The Morgan fingerprint density at radius 3 is 2.67 bits per heavy atom. The summed E-state index contributed by atoms with van der Waals surface area (Å²) in [4.78, 5) is 8.81. The monoisotopic (exact) mass is 316 g/mol. The van der Waals surface area contributed by atoms with E-state index in [-0.39, 0.29) is 6.61 Å². The Kier molecular flexibility index (Phi) is 3.55. The summed E-state index contributed by atoms with van der Waals surface area (Å²) in [5.41, 5.74) is 6.58. The van der Waals surface area contributed by atoms with Crippen LogP contribution in [0, 0.1) is 6.92 Å². The predicted molar refractivity (Wildman–Crippen MR) is 92.3 cm³/mol. The molecule has 0 unspecified atom stereocenters. The van der Waals surface area contributed by atoms with Crippen molar-refractivity contribution in [3.05, 3.63) is 72.3 Å². The molecule has 0 aliphatic rings. The third-order valence-electron chi connectivity index (χ3n) is 4.20. The maximum Gasteiger partial charge on any atom is 0.162 e. The topological polar surface area (TPSA) is 63.3 Å². The lowest BCUT2D eigenvalue weighted by Gasteiger charge is -2.09. The second-order valence-electron chi connectivity index (χ2n) is 5.63. The number of aliphatic hydroxyl groups excluding tert-OH is 1. The molecule has 0 atom stereocenters. The number of fused-ring (bicyclic) bond motifs is 1. The molecular formula is C19H16N4O. The van der Waals surface area contributed by atoms with Gasteiger partial charge in [0, 0.05) is 35.3 Å². The SMILES string of the molecule is Cc1ccncc1-c1ccnn2c(-c3ccccc3CO)cnc12. The molecular weight excluding hydrogens is 300 g/mol. The van der Waals surface area contributed by atoms with Crippen LogP contribution in [0.3, 0.4) is 0 Å². The number of pyridine rings is 1. The fourth-order valence-corrected chi connectivity index (χ4v) is 2.94. The summed E-state index contributed by atoms with van der Waals surface area (Å²) in [5.74, 6) is 0. The molecule has 4 aromatic rings. The second-order valence-corrected chi connectivity index (χ2v) is 5.63. The molecule has 5 nitrogen and oxygen atoms in total. The van der Waals surface area contributed by atoms with E-state index in [0.29, 0.717) is 0 Å². The van der Waals surface area contributed by atoms with Gasteiger partial charge in [0.25, 0.3) is 0 Å². The number of imidazole rings is 1. The molecule has 0 aliphatic carbocycles. The van der Waals surface area contributed by atoms with E-state index in [4.69, 9.17) is 0 Å². The van der Waals surface area contributed by atoms with E-state index < -0.39 is 0 Å². The van der Waals surface area contributed by atoms with Crippen molar-refractivity contribution >= 4 is 5.65 Å². The van der Waals surface area contributed by atoms with Crippen molar-refractivity contribution in [2.24, 2.45) is 0 Å². The van der Waals surface area contributed by atoms with Gasteiger partial charge in [-0.25, -0.2) is 9.50 Å². The van der Waals surface area contributed by atoms with Gasteiger partial charge in [0.2, 0.25) is 0 Å². The number of nitrogens with zero attached hydrogens (tertiary/aromatic N) is 4. The van der Waals surface area contributed by atoms with E-state index in [1.807, 2.05) is 47.1 Å². The third kappa shape index (κ3) is 2.26. The van der Waals surface area contributed by atoms with E-state index in [1.54, 1.807) is 18.6 Å². The van der Waals surface area contributed by atoms with Crippen molar-refractivity contribution in [1.29, 1.82) is 0 Å². The van der Waals surface area contributed by atoms with Crippen LogP contribution in [0.2, 0.25) is 0 Å². The molecule has 3 heterocycles. The molecule has 0 bridgehead atoms. The highest BCUT2D eigenvalue weighted by molar-refractivity contribution is 5.81. The summed E-state index contributed by atoms with van der Waals surface area (Å²) in [6, 6.07) is 11.7.